The first-order chi connectivity index (χ1) is 14.2. The van der Waals surface area contributed by atoms with Crippen molar-refractivity contribution in [1.29, 1.82) is 0 Å². The van der Waals surface area contributed by atoms with Crippen molar-refractivity contribution in [3.05, 3.63) is 35.5 Å². The van der Waals surface area contributed by atoms with Gasteiger partial charge >= 0.3 is 12.1 Å². The van der Waals surface area contributed by atoms with E-state index in [1.54, 1.807) is 33.9 Å². The molecule has 0 aliphatic rings. The van der Waals surface area contributed by atoms with Crippen LogP contribution < -0.4 is 5.32 Å². The SMILES string of the molecule is CC.COC(=O)C(c1c[nH]c2cc(C#CSI)ccc12)C(C)NC(=O)OC(C)(C)C. The molecule has 0 saturated carbocycles. The van der Waals surface area contributed by atoms with E-state index < -0.39 is 29.6 Å². The van der Waals surface area contributed by atoms with Gasteiger partial charge in [-0.1, -0.05) is 25.8 Å². The molecule has 0 aliphatic carbocycles. The summed E-state index contributed by atoms with van der Waals surface area (Å²) in [7, 11) is 2.75. The van der Waals surface area contributed by atoms with Gasteiger partial charge in [0, 0.05) is 49.9 Å². The highest BCUT2D eigenvalue weighted by Gasteiger charge is 2.32. The number of fused-ring (bicyclic) bond motifs is 1. The van der Waals surface area contributed by atoms with Crippen LogP contribution in [0.25, 0.3) is 10.9 Å². The van der Waals surface area contributed by atoms with Gasteiger partial charge in [-0.3, -0.25) is 4.79 Å². The van der Waals surface area contributed by atoms with E-state index in [0.29, 0.717) is 0 Å². The molecule has 2 N–H and O–H groups in total. The first-order valence-electron chi connectivity index (χ1n) is 9.63. The fraction of sp³-hybridized carbons (Fsp3) is 0.455. The molecule has 1 amide bonds. The predicted octanol–water partition coefficient (Wildman–Crippen LogP) is 5.76. The monoisotopic (exact) mass is 544 g/mol. The topological polar surface area (TPSA) is 80.4 Å². The number of aromatic amines is 1. The van der Waals surface area contributed by atoms with Gasteiger partial charge in [-0.2, -0.15) is 0 Å². The van der Waals surface area contributed by atoms with Crippen LogP contribution in [0.1, 0.15) is 58.6 Å². The van der Waals surface area contributed by atoms with Gasteiger partial charge in [-0.25, -0.2) is 4.79 Å². The lowest BCUT2D eigenvalue weighted by molar-refractivity contribution is -0.143. The van der Waals surface area contributed by atoms with Crippen molar-refractivity contribution in [2.45, 2.75) is 59.1 Å². The summed E-state index contributed by atoms with van der Waals surface area (Å²) in [4.78, 5) is 27.9. The summed E-state index contributed by atoms with van der Waals surface area (Å²) in [6, 6.07) is 5.22. The molecule has 30 heavy (non-hydrogen) atoms. The van der Waals surface area contributed by atoms with Crippen LogP contribution in [0, 0.1) is 11.2 Å². The molecule has 2 aromatic rings. The van der Waals surface area contributed by atoms with Crippen LogP contribution in [-0.2, 0) is 14.3 Å². The second kappa shape index (κ2) is 12.1. The predicted molar refractivity (Wildman–Crippen MR) is 132 cm³/mol. The number of methoxy groups -OCH3 is 1. The zero-order valence-corrected chi connectivity index (χ0v) is 21.4. The summed E-state index contributed by atoms with van der Waals surface area (Å²) in [5, 5.41) is 6.57. The zero-order valence-electron chi connectivity index (χ0n) is 18.4. The third-order valence-corrected chi connectivity index (χ3v) is 4.82. The highest BCUT2D eigenvalue weighted by atomic mass is 127. The number of carbonyl (C=O) groups is 2. The summed E-state index contributed by atoms with van der Waals surface area (Å²) in [5.74, 6) is 1.93. The summed E-state index contributed by atoms with van der Waals surface area (Å²) in [6.07, 6.45) is 1.19. The van der Waals surface area contributed by atoms with E-state index in [0.717, 1.165) is 22.0 Å². The van der Waals surface area contributed by atoms with E-state index >= 15 is 0 Å². The number of amides is 1. The number of halogens is 1. The maximum Gasteiger partial charge on any atom is 0.407 e. The van der Waals surface area contributed by atoms with Gasteiger partial charge in [-0.05, 0) is 59.6 Å². The average molecular weight is 544 g/mol. The molecule has 1 aromatic heterocycles. The van der Waals surface area contributed by atoms with Crippen LogP contribution in [0.15, 0.2) is 24.4 Å². The third-order valence-electron chi connectivity index (χ3n) is 3.98. The number of carbonyl (C=O) groups excluding carboxylic acids is 2. The molecule has 1 heterocycles. The van der Waals surface area contributed by atoms with E-state index in [9.17, 15) is 9.59 Å². The smallest absolute Gasteiger partial charge is 0.407 e. The standard InChI is InChI=1S/C20H23IN2O4S.C2H6/c1-12(23-19(25)27-20(2,3)4)17(18(24)26-5)15-11-22-16-10-13(8-9-28-21)6-7-14(15)16;1-2/h6-7,10-12,17,22H,1-5H3,(H,23,25);1-2H3. The molecule has 1 aromatic carbocycles. The number of aromatic nitrogens is 1. The lowest BCUT2D eigenvalue weighted by Crippen LogP contribution is -2.42. The maximum absolute atomic E-state index is 12.5. The Bertz CT molecular complexity index is 925. The second-order valence-electron chi connectivity index (χ2n) is 7.24. The van der Waals surface area contributed by atoms with E-state index in [2.05, 4.69) is 42.7 Å². The van der Waals surface area contributed by atoms with Crippen molar-refractivity contribution >= 4 is 53.1 Å². The van der Waals surface area contributed by atoms with Crippen LogP contribution >= 0.6 is 30.1 Å². The Morgan fingerprint density at radius 3 is 2.50 bits per heavy atom. The number of benzene rings is 1. The van der Waals surface area contributed by atoms with E-state index in [1.165, 1.54) is 16.0 Å². The number of rotatable bonds is 4. The maximum atomic E-state index is 12.5. The number of ether oxygens (including phenoxy) is 2. The number of H-pyrrole nitrogens is 1. The van der Waals surface area contributed by atoms with Gasteiger partial charge in [0.25, 0.3) is 0 Å². The van der Waals surface area contributed by atoms with Gasteiger partial charge in [0.15, 0.2) is 0 Å². The molecule has 0 bridgehead atoms. The fourth-order valence-electron chi connectivity index (χ4n) is 2.87. The minimum absolute atomic E-state index is 0.436. The van der Waals surface area contributed by atoms with Crippen molar-refractivity contribution in [3.8, 4) is 11.2 Å². The van der Waals surface area contributed by atoms with Gasteiger partial charge in [-0.15, -0.1) is 0 Å². The van der Waals surface area contributed by atoms with E-state index in [4.69, 9.17) is 9.47 Å². The van der Waals surface area contributed by atoms with Gasteiger partial charge in [0.1, 0.15) is 11.5 Å². The van der Waals surface area contributed by atoms with Crippen molar-refractivity contribution < 1.29 is 19.1 Å². The molecule has 0 aliphatic heterocycles. The van der Waals surface area contributed by atoms with Crippen molar-refractivity contribution in [3.63, 3.8) is 0 Å². The molecular weight excluding hydrogens is 515 g/mol. The molecule has 0 spiro atoms. The molecule has 2 atom stereocenters. The fourth-order valence-corrected chi connectivity index (χ4v) is 3.35. The normalized spacial score (nSPS) is 12.5. The second-order valence-corrected chi connectivity index (χ2v) is 8.92. The Kier molecular flexibility index (Phi) is 10.6. The Labute approximate surface area is 194 Å². The quantitative estimate of drug-likeness (QED) is 0.291. The highest BCUT2D eigenvalue weighted by molar-refractivity contribution is 14.2. The minimum Gasteiger partial charge on any atom is -0.468 e. The molecular formula is C22H29IN2O4S. The summed E-state index contributed by atoms with van der Waals surface area (Å²) in [5.41, 5.74) is 1.85. The Hall–Kier alpha value is -1.86. The number of esters is 1. The largest absolute Gasteiger partial charge is 0.468 e. The Morgan fingerprint density at radius 1 is 1.27 bits per heavy atom. The van der Waals surface area contributed by atoms with Gasteiger partial charge < -0.3 is 19.8 Å². The van der Waals surface area contributed by atoms with Crippen molar-refractivity contribution in [1.82, 2.24) is 10.3 Å². The average Bonchev–Trinajstić information content (AvgIpc) is 3.09. The summed E-state index contributed by atoms with van der Waals surface area (Å²) in [6.45, 7) is 11.1. The van der Waals surface area contributed by atoms with Crippen molar-refractivity contribution in [2.75, 3.05) is 7.11 Å². The number of hydrogen-bond acceptors (Lipinski definition) is 5. The lowest BCUT2D eigenvalue weighted by Gasteiger charge is -2.25. The third kappa shape index (κ3) is 7.43. The first kappa shape index (κ1) is 26.2. The molecule has 164 valence electrons. The van der Waals surface area contributed by atoms with Crippen LogP contribution in [0.2, 0.25) is 0 Å². The molecule has 8 heteroatoms. The summed E-state index contributed by atoms with van der Waals surface area (Å²) >= 11 is 2.12. The number of hydrogen-bond donors (Lipinski definition) is 2. The van der Waals surface area contributed by atoms with Gasteiger partial charge in [0.2, 0.25) is 0 Å². The molecule has 0 fully saturated rings. The first-order valence-corrected chi connectivity index (χ1v) is 13.0. The molecule has 2 rings (SSSR count). The van der Waals surface area contributed by atoms with Crippen molar-refractivity contribution in [2.24, 2.45) is 0 Å². The Morgan fingerprint density at radius 2 is 1.93 bits per heavy atom. The molecule has 0 saturated heterocycles. The molecule has 6 nitrogen and oxygen atoms in total. The van der Waals surface area contributed by atoms with Crippen LogP contribution in [0.5, 0.6) is 0 Å². The zero-order chi connectivity index (χ0) is 22.9. The molecule has 2 unspecified atom stereocenters. The Balaban J connectivity index is 0.00000218. The number of alkyl carbamates (subject to hydrolysis) is 1. The van der Waals surface area contributed by atoms with Gasteiger partial charge in [0.05, 0.1) is 7.11 Å². The minimum atomic E-state index is -0.687. The highest BCUT2D eigenvalue weighted by Crippen LogP contribution is 2.30. The number of nitrogens with one attached hydrogen (secondary N) is 2. The van der Waals surface area contributed by atoms with Crippen LogP contribution in [-0.4, -0.2) is 35.8 Å². The van der Waals surface area contributed by atoms with Crippen LogP contribution in [0.4, 0.5) is 4.79 Å². The lowest BCUT2D eigenvalue weighted by atomic mass is 9.92. The van der Waals surface area contributed by atoms with E-state index in [-0.39, 0.29) is 0 Å². The summed E-state index contributed by atoms with van der Waals surface area (Å²) < 4.78 is 10.3. The van der Waals surface area contributed by atoms with E-state index in [1.807, 2.05) is 32.0 Å². The van der Waals surface area contributed by atoms with Crippen LogP contribution in [0.3, 0.4) is 0 Å². The molecule has 0 radical (unpaired) electrons.